The predicted molar refractivity (Wildman–Crippen MR) is 100 cm³/mol. The van der Waals surface area contributed by atoms with E-state index in [1.807, 2.05) is 63.2 Å². The average Bonchev–Trinajstić information content (AvgIpc) is 2.91. The molecule has 0 bridgehead atoms. The van der Waals surface area contributed by atoms with Crippen molar-refractivity contribution < 1.29 is 4.79 Å². The molecular weight excluding hydrogens is 318 g/mol. The summed E-state index contributed by atoms with van der Waals surface area (Å²) in [6, 6.07) is 15.8. The second kappa shape index (κ2) is 6.84. The number of anilines is 3. The number of aryl methyl sites for hydroxylation is 3. The Morgan fingerprint density at radius 3 is 2.50 bits per heavy atom. The fourth-order valence-electron chi connectivity index (χ4n) is 2.44. The van der Waals surface area contributed by atoms with Gasteiger partial charge in [-0.05, 0) is 44.5 Å². The van der Waals surface area contributed by atoms with Crippen molar-refractivity contribution in [1.29, 1.82) is 0 Å². The van der Waals surface area contributed by atoms with Crippen LogP contribution in [0.25, 0.3) is 0 Å². The number of hydrogen-bond donors (Lipinski definition) is 2. The molecule has 0 saturated heterocycles. The third-order valence-electron chi connectivity index (χ3n) is 3.66. The monoisotopic (exact) mass is 337 g/mol. The van der Waals surface area contributed by atoms with Crippen LogP contribution in [0, 0.1) is 20.8 Å². The highest BCUT2D eigenvalue weighted by atomic mass is 32.1. The van der Waals surface area contributed by atoms with Crippen LogP contribution >= 0.6 is 11.3 Å². The minimum absolute atomic E-state index is 0.127. The van der Waals surface area contributed by atoms with Gasteiger partial charge in [0.1, 0.15) is 4.88 Å². The fourth-order valence-corrected chi connectivity index (χ4v) is 3.32. The molecule has 0 fully saturated rings. The van der Waals surface area contributed by atoms with E-state index in [0.29, 0.717) is 10.0 Å². The van der Waals surface area contributed by atoms with E-state index in [9.17, 15) is 4.79 Å². The Morgan fingerprint density at radius 2 is 1.79 bits per heavy atom. The standard InChI is InChI=1S/C19H19N3OS/c1-12-9-10-16(13(2)11-12)22-18(23)17-14(3)20-19(24-17)21-15-7-5-4-6-8-15/h4-11H,1-3H3,(H,20,21)(H,22,23). The number of benzene rings is 2. The molecule has 1 amide bonds. The zero-order valence-corrected chi connectivity index (χ0v) is 14.7. The van der Waals surface area contributed by atoms with Crippen molar-refractivity contribution in [3.8, 4) is 0 Å². The molecule has 2 N–H and O–H groups in total. The smallest absolute Gasteiger partial charge is 0.267 e. The van der Waals surface area contributed by atoms with Crippen molar-refractivity contribution in [2.45, 2.75) is 20.8 Å². The molecule has 0 aliphatic rings. The summed E-state index contributed by atoms with van der Waals surface area (Å²) in [6.45, 7) is 5.88. The van der Waals surface area contributed by atoms with Gasteiger partial charge in [-0.1, -0.05) is 47.2 Å². The van der Waals surface area contributed by atoms with Gasteiger partial charge >= 0.3 is 0 Å². The summed E-state index contributed by atoms with van der Waals surface area (Å²) in [5, 5.41) is 6.92. The SMILES string of the molecule is Cc1ccc(NC(=O)c2sc(Nc3ccccc3)nc2C)c(C)c1. The molecule has 0 unspecified atom stereocenters. The first kappa shape index (κ1) is 16.2. The molecule has 0 atom stereocenters. The van der Waals surface area contributed by atoms with Crippen molar-refractivity contribution in [3.05, 3.63) is 70.2 Å². The van der Waals surface area contributed by atoms with Crippen molar-refractivity contribution in [2.75, 3.05) is 10.6 Å². The number of nitrogens with one attached hydrogen (secondary N) is 2. The van der Waals surface area contributed by atoms with E-state index >= 15 is 0 Å². The van der Waals surface area contributed by atoms with Gasteiger partial charge in [-0.15, -0.1) is 0 Å². The highest BCUT2D eigenvalue weighted by Crippen LogP contribution is 2.27. The maximum Gasteiger partial charge on any atom is 0.267 e. The molecule has 3 aromatic rings. The molecule has 1 heterocycles. The number of carbonyl (C=O) groups is 1. The van der Waals surface area contributed by atoms with Crippen molar-refractivity contribution in [3.63, 3.8) is 0 Å². The Hall–Kier alpha value is -2.66. The number of aromatic nitrogens is 1. The number of amides is 1. The average molecular weight is 337 g/mol. The van der Waals surface area contributed by atoms with Gasteiger partial charge < -0.3 is 10.6 Å². The summed E-state index contributed by atoms with van der Waals surface area (Å²) in [6.07, 6.45) is 0. The van der Waals surface area contributed by atoms with Crippen molar-refractivity contribution in [2.24, 2.45) is 0 Å². The van der Waals surface area contributed by atoms with Gasteiger partial charge in [0.2, 0.25) is 0 Å². The van der Waals surface area contributed by atoms with E-state index in [2.05, 4.69) is 21.7 Å². The minimum Gasteiger partial charge on any atom is -0.332 e. The lowest BCUT2D eigenvalue weighted by Crippen LogP contribution is -2.12. The van der Waals surface area contributed by atoms with Crippen LogP contribution in [0.5, 0.6) is 0 Å². The number of carbonyl (C=O) groups excluding carboxylic acids is 1. The third-order valence-corrected chi connectivity index (χ3v) is 4.73. The summed E-state index contributed by atoms with van der Waals surface area (Å²) in [5.41, 5.74) is 4.73. The highest BCUT2D eigenvalue weighted by molar-refractivity contribution is 7.17. The first-order valence-corrected chi connectivity index (χ1v) is 8.52. The van der Waals surface area contributed by atoms with Gasteiger partial charge in [0, 0.05) is 11.4 Å². The van der Waals surface area contributed by atoms with Gasteiger partial charge in [-0.3, -0.25) is 4.79 Å². The number of nitrogens with zero attached hydrogens (tertiary/aromatic N) is 1. The molecule has 4 nitrogen and oxygen atoms in total. The van der Waals surface area contributed by atoms with Crippen LogP contribution in [0.2, 0.25) is 0 Å². The zero-order chi connectivity index (χ0) is 17.1. The van der Waals surface area contributed by atoms with Crippen LogP contribution in [0.3, 0.4) is 0 Å². The molecule has 122 valence electrons. The molecule has 0 aliphatic heterocycles. The largest absolute Gasteiger partial charge is 0.332 e. The third kappa shape index (κ3) is 3.63. The summed E-state index contributed by atoms with van der Waals surface area (Å²) >= 11 is 1.36. The van der Waals surface area contributed by atoms with E-state index in [0.717, 1.165) is 22.6 Å². The summed E-state index contributed by atoms with van der Waals surface area (Å²) in [5.74, 6) is -0.127. The Bertz CT molecular complexity index is 872. The molecule has 24 heavy (non-hydrogen) atoms. The number of thiazole rings is 1. The van der Waals surface area contributed by atoms with Gasteiger partial charge in [-0.2, -0.15) is 0 Å². The zero-order valence-electron chi connectivity index (χ0n) is 13.9. The maximum atomic E-state index is 12.6. The van der Waals surface area contributed by atoms with E-state index in [4.69, 9.17) is 0 Å². The first-order chi connectivity index (χ1) is 11.5. The van der Waals surface area contributed by atoms with E-state index in [-0.39, 0.29) is 5.91 Å². The Labute approximate surface area is 145 Å². The molecule has 1 aromatic heterocycles. The van der Waals surface area contributed by atoms with Gasteiger partial charge in [0.15, 0.2) is 5.13 Å². The normalized spacial score (nSPS) is 10.5. The summed E-state index contributed by atoms with van der Waals surface area (Å²) in [4.78, 5) is 17.6. The van der Waals surface area contributed by atoms with Crippen molar-refractivity contribution >= 4 is 33.8 Å². The van der Waals surface area contributed by atoms with Gasteiger partial charge in [-0.25, -0.2) is 4.98 Å². The first-order valence-electron chi connectivity index (χ1n) is 7.71. The lowest BCUT2D eigenvalue weighted by molar-refractivity contribution is 0.102. The molecule has 0 saturated carbocycles. The Morgan fingerprint density at radius 1 is 1.04 bits per heavy atom. The molecule has 5 heteroatoms. The lowest BCUT2D eigenvalue weighted by atomic mass is 10.1. The van der Waals surface area contributed by atoms with Crippen LogP contribution in [0.15, 0.2) is 48.5 Å². The topological polar surface area (TPSA) is 54.0 Å². The Kier molecular flexibility index (Phi) is 4.62. The second-order valence-electron chi connectivity index (χ2n) is 5.70. The summed E-state index contributed by atoms with van der Waals surface area (Å²) in [7, 11) is 0. The van der Waals surface area contributed by atoms with Crippen LogP contribution in [0.4, 0.5) is 16.5 Å². The molecule has 0 aliphatic carbocycles. The van der Waals surface area contributed by atoms with E-state index in [1.165, 1.54) is 16.9 Å². The van der Waals surface area contributed by atoms with E-state index < -0.39 is 0 Å². The highest BCUT2D eigenvalue weighted by Gasteiger charge is 2.16. The maximum absolute atomic E-state index is 12.6. The molecule has 0 radical (unpaired) electrons. The number of hydrogen-bond acceptors (Lipinski definition) is 4. The van der Waals surface area contributed by atoms with Gasteiger partial charge in [0.05, 0.1) is 5.69 Å². The van der Waals surface area contributed by atoms with E-state index in [1.54, 1.807) is 0 Å². The van der Waals surface area contributed by atoms with Gasteiger partial charge in [0.25, 0.3) is 5.91 Å². The fraction of sp³-hybridized carbons (Fsp3) is 0.158. The van der Waals surface area contributed by atoms with Crippen molar-refractivity contribution in [1.82, 2.24) is 4.98 Å². The van der Waals surface area contributed by atoms with Crippen LogP contribution in [-0.4, -0.2) is 10.9 Å². The second-order valence-corrected chi connectivity index (χ2v) is 6.70. The summed E-state index contributed by atoms with van der Waals surface area (Å²) < 4.78 is 0. The molecule has 3 rings (SSSR count). The van der Waals surface area contributed by atoms with Crippen LogP contribution in [0.1, 0.15) is 26.5 Å². The minimum atomic E-state index is -0.127. The Balaban J connectivity index is 1.78. The lowest BCUT2D eigenvalue weighted by Gasteiger charge is -2.08. The molecule has 2 aromatic carbocycles. The predicted octanol–water partition coefficient (Wildman–Crippen LogP) is 5.06. The van der Waals surface area contributed by atoms with Crippen LogP contribution < -0.4 is 10.6 Å². The van der Waals surface area contributed by atoms with Crippen LogP contribution in [-0.2, 0) is 0 Å². The number of rotatable bonds is 4. The number of para-hydroxylation sites is 1. The molecule has 0 spiro atoms. The molecular formula is C19H19N3OS. The quantitative estimate of drug-likeness (QED) is 0.699.